The first-order valence-electron chi connectivity index (χ1n) is 8.32. The van der Waals surface area contributed by atoms with Gasteiger partial charge in [-0.1, -0.05) is 20.3 Å². The molecule has 2 fully saturated rings. The van der Waals surface area contributed by atoms with Crippen LogP contribution in [0, 0.1) is 11.8 Å². The van der Waals surface area contributed by atoms with E-state index in [1.54, 1.807) is 0 Å². The topological polar surface area (TPSA) is 35.5 Å². The molecular formula is C16H32N2O. The van der Waals surface area contributed by atoms with Crippen LogP contribution in [-0.2, 0) is 0 Å². The molecule has 1 saturated carbocycles. The Bertz CT molecular complexity index is 259. The van der Waals surface area contributed by atoms with Crippen LogP contribution in [0.5, 0.6) is 0 Å². The minimum absolute atomic E-state index is 0.341. The van der Waals surface area contributed by atoms with E-state index in [9.17, 15) is 5.11 Å². The van der Waals surface area contributed by atoms with Crippen molar-refractivity contribution in [2.75, 3.05) is 26.2 Å². The lowest BCUT2D eigenvalue weighted by Crippen LogP contribution is -2.50. The van der Waals surface area contributed by atoms with Crippen LogP contribution in [0.1, 0.15) is 52.4 Å². The second-order valence-electron chi connectivity index (χ2n) is 6.67. The van der Waals surface area contributed by atoms with E-state index in [2.05, 4.69) is 24.1 Å². The maximum atomic E-state index is 9.55. The Hall–Kier alpha value is -0.120. The third-order valence-corrected chi connectivity index (χ3v) is 5.14. The molecule has 4 atom stereocenters. The van der Waals surface area contributed by atoms with Gasteiger partial charge in [-0.3, -0.25) is 4.90 Å². The van der Waals surface area contributed by atoms with Crippen LogP contribution in [0.25, 0.3) is 0 Å². The molecule has 2 aliphatic rings. The van der Waals surface area contributed by atoms with E-state index in [4.69, 9.17) is 0 Å². The lowest BCUT2D eigenvalue weighted by Gasteiger charge is -2.42. The van der Waals surface area contributed by atoms with Crippen LogP contribution in [0.2, 0.25) is 0 Å². The summed E-state index contributed by atoms with van der Waals surface area (Å²) < 4.78 is 0. The largest absolute Gasteiger partial charge is 0.395 e. The normalized spacial score (nSPS) is 37.4. The minimum Gasteiger partial charge on any atom is -0.395 e. The van der Waals surface area contributed by atoms with Crippen LogP contribution in [-0.4, -0.2) is 48.3 Å². The zero-order valence-corrected chi connectivity index (χ0v) is 12.8. The number of aliphatic hydroxyl groups is 1. The van der Waals surface area contributed by atoms with Gasteiger partial charge in [-0.15, -0.1) is 0 Å². The van der Waals surface area contributed by atoms with Crippen LogP contribution in [0.15, 0.2) is 0 Å². The lowest BCUT2D eigenvalue weighted by atomic mass is 9.78. The quantitative estimate of drug-likeness (QED) is 0.803. The third kappa shape index (κ3) is 4.17. The fourth-order valence-corrected chi connectivity index (χ4v) is 4.04. The number of likely N-dealkylation sites (tertiary alicyclic amines) is 1. The summed E-state index contributed by atoms with van der Waals surface area (Å²) in [6.07, 6.45) is 7.84. The van der Waals surface area contributed by atoms with Crippen molar-refractivity contribution in [3.63, 3.8) is 0 Å². The van der Waals surface area contributed by atoms with Crippen molar-refractivity contribution in [1.82, 2.24) is 10.2 Å². The maximum Gasteiger partial charge on any atom is 0.0586 e. The van der Waals surface area contributed by atoms with Crippen LogP contribution < -0.4 is 5.32 Å². The molecule has 3 nitrogen and oxygen atoms in total. The van der Waals surface area contributed by atoms with Crippen molar-refractivity contribution in [3.8, 4) is 0 Å². The van der Waals surface area contributed by atoms with Crippen molar-refractivity contribution in [2.45, 2.75) is 64.5 Å². The SMILES string of the molecule is CCNC1CCC(C)CC1CN1CCCCC1CO. The molecule has 2 N–H and O–H groups in total. The second-order valence-corrected chi connectivity index (χ2v) is 6.67. The lowest BCUT2D eigenvalue weighted by molar-refractivity contribution is 0.0564. The van der Waals surface area contributed by atoms with Gasteiger partial charge in [-0.25, -0.2) is 0 Å². The number of nitrogens with zero attached hydrogens (tertiary/aromatic N) is 1. The predicted molar refractivity (Wildman–Crippen MR) is 80.3 cm³/mol. The molecule has 0 radical (unpaired) electrons. The highest BCUT2D eigenvalue weighted by Gasteiger charge is 2.32. The predicted octanol–water partition coefficient (Wildman–Crippen LogP) is 2.25. The number of nitrogens with one attached hydrogen (secondary N) is 1. The van der Waals surface area contributed by atoms with Crippen LogP contribution in [0.3, 0.4) is 0 Å². The zero-order chi connectivity index (χ0) is 13.7. The van der Waals surface area contributed by atoms with Gasteiger partial charge in [0.25, 0.3) is 0 Å². The molecule has 112 valence electrons. The summed E-state index contributed by atoms with van der Waals surface area (Å²) in [6, 6.07) is 1.12. The van der Waals surface area contributed by atoms with E-state index in [1.807, 2.05) is 0 Å². The van der Waals surface area contributed by atoms with Crippen molar-refractivity contribution < 1.29 is 5.11 Å². The van der Waals surface area contributed by atoms with Gasteiger partial charge in [-0.05, 0) is 57.0 Å². The Kier molecular flexibility index (Phi) is 6.11. The molecule has 2 rings (SSSR count). The Balaban J connectivity index is 1.92. The highest BCUT2D eigenvalue weighted by molar-refractivity contribution is 4.87. The Morgan fingerprint density at radius 1 is 1.21 bits per heavy atom. The Morgan fingerprint density at radius 3 is 2.79 bits per heavy atom. The van der Waals surface area contributed by atoms with Gasteiger partial charge in [0.2, 0.25) is 0 Å². The maximum absolute atomic E-state index is 9.55. The first-order valence-corrected chi connectivity index (χ1v) is 8.32. The first-order chi connectivity index (χ1) is 9.24. The fraction of sp³-hybridized carbons (Fsp3) is 1.00. The molecule has 1 aliphatic carbocycles. The van der Waals surface area contributed by atoms with E-state index < -0.39 is 0 Å². The fourth-order valence-electron chi connectivity index (χ4n) is 4.04. The van der Waals surface area contributed by atoms with E-state index >= 15 is 0 Å². The summed E-state index contributed by atoms with van der Waals surface area (Å²) in [5.41, 5.74) is 0. The molecule has 0 aromatic rings. The molecule has 19 heavy (non-hydrogen) atoms. The van der Waals surface area contributed by atoms with E-state index in [1.165, 1.54) is 51.6 Å². The zero-order valence-electron chi connectivity index (χ0n) is 12.8. The second kappa shape index (κ2) is 7.61. The van der Waals surface area contributed by atoms with Gasteiger partial charge < -0.3 is 10.4 Å². The van der Waals surface area contributed by atoms with Crippen molar-refractivity contribution >= 4 is 0 Å². The van der Waals surface area contributed by atoms with Gasteiger partial charge in [0, 0.05) is 18.6 Å². The molecule has 0 aromatic heterocycles. The van der Waals surface area contributed by atoms with E-state index in [0.717, 1.165) is 18.4 Å². The van der Waals surface area contributed by atoms with Crippen molar-refractivity contribution in [1.29, 1.82) is 0 Å². The van der Waals surface area contributed by atoms with Crippen molar-refractivity contribution in [3.05, 3.63) is 0 Å². The molecule has 4 unspecified atom stereocenters. The van der Waals surface area contributed by atoms with Gasteiger partial charge in [-0.2, -0.15) is 0 Å². The van der Waals surface area contributed by atoms with Crippen LogP contribution >= 0.6 is 0 Å². The Morgan fingerprint density at radius 2 is 2.05 bits per heavy atom. The van der Waals surface area contributed by atoms with E-state index in [-0.39, 0.29) is 0 Å². The van der Waals surface area contributed by atoms with Gasteiger partial charge in [0.05, 0.1) is 6.61 Å². The first kappa shape index (κ1) is 15.3. The van der Waals surface area contributed by atoms with Gasteiger partial charge in [0.15, 0.2) is 0 Å². The average molecular weight is 268 g/mol. The van der Waals surface area contributed by atoms with E-state index in [0.29, 0.717) is 18.7 Å². The summed E-state index contributed by atoms with van der Waals surface area (Å²) in [5, 5.41) is 13.2. The number of hydrogen-bond acceptors (Lipinski definition) is 3. The van der Waals surface area contributed by atoms with Crippen molar-refractivity contribution in [2.24, 2.45) is 11.8 Å². The highest BCUT2D eigenvalue weighted by Crippen LogP contribution is 2.31. The molecule has 0 spiro atoms. The molecular weight excluding hydrogens is 236 g/mol. The minimum atomic E-state index is 0.341. The van der Waals surface area contributed by atoms with Gasteiger partial charge in [0.1, 0.15) is 0 Å². The molecule has 0 amide bonds. The van der Waals surface area contributed by atoms with Crippen LogP contribution in [0.4, 0.5) is 0 Å². The monoisotopic (exact) mass is 268 g/mol. The molecule has 1 aliphatic heterocycles. The number of piperidine rings is 1. The summed E-state index contributed by atoms with van der Waals surface area (Å²) in [6.45, 7) is 8.41. The Labute approximate surface area is 118 Å². The summed E-state index contributed by atoms with van der Waals surface area (Å²) >= 11 is 0. The molecule has 0 bridgehead atoms. The van der Waals surface area contributed by atoms with Gasteiger partial charge >= 0.3 is 0 Å². The molecule has 1 heterocycles. The number of hydrogen-bond donors (Lipinski definition) is 2. The highest BCUT2D eigenvalue weighted by atomic mass is 16.3. The standard InChI is InChI=1S/C16H32N2O/c1-3-17-16-8-7-13(2)10-14(16)11-18-9-5-4-6-15(18)12-19/h13-17,19H,3-12H2,1-2H3. The third-order valence-electron chi connectivity index (χ3n) is 5.14. The average Bonchev–Trinajstić information content (AvgIpc) is 2.42. The number of aliphatic hydroxyl groups excluding tert-OH is 1. The molecule has 1 saturated heterocycles. The number of rotatable bonds is 5. The summed E-state index contributed by atoms with van der Waals surface area (Å²) in [4.78, 5) is 2.57. The molecule has 3 heteroatoms. The summed E-state index contributed by atoms with van der Waals surface area (Å²) in [5.74, 6) is 1.65. The molecule has 0 aromatic carbocycles. The summed E-state index contributed by atoms with van der Waals surface area (Å²) in [7, 11) is 0. The smallest absolute Gasteiger partial charge is 0.0586 e.